The molecule has 0 saturated heterocycles. The number of fused-ring (bicyclic) bond motifs is 1. The molecule has 2 amide bonds. The van der Waals surface area contributed by atoms with Crippen LogP contribution in [0.1, 0.15) is 24.8 Å². The molecule has 2 unspecified atom stereocenters. The zero-order chi connectivity index (χ0) is 14.0. The highest BCUT2D eigenvalue weighted by molar-refractivity contribution is 6.01. The molecule has 0 fully saturated rings. The Labute approximate surface area is 109 Å². The Kier molecular flexibility index (Phi) is 3.80. The van der Waals surface area contributed by atoms with Gasteiger partial charge in [0.2, 0.25) is 11.8 Å². The summed E-state index contributed by atoms with van der Waals surface area (Å²) in [4.78, 5) is 23.5. The maximum Gasteiger partial charge on any atom is 0.228 e. The molecule has 1 aromatic carbocycles. The van der Waals surface area contributed by atoms with Gasteiger partial charge in [-0.05, 0) is 24.6 Å². The smallest absolute Gasteiger partial charge is 0.228 e. The predicted molar refractivity (Wildman–Crippen MR) is 67.1 cm³/mol. The summed E-state index contributed by atoms with van der Waals surface area (Å²) in [6, 6.07) is 3.95. The minimum Gasteiger partial charge on any atom is -0.392 e. The van der Waals surface area contributed by atoms with Crippen molar-refractivity contribution < 1.29 is 19.1 Å². The van der Waals surface area contributed by atoms with Gasteiger partial charge in [-0.25, -0.2) is 4.39 Å². The lowest BCUT2D eigenvalue weighted by atomic mass is 9.89. The first-order valence-corrected chi connectivity index (χ1v) is 6.02. The van der Waals surface area contributed by atoms with Crippen LogP contribution in [0.5, 0.6) is 0 Å². The summed E-state index contributed by atoms with van der Waals surface area (Å²) < 4.78 is 13.1. The Bertz CT molecular complexity index is 517. The second-order valence-corrected chi connectivity index (χ2v) is 4.63. The van der Waals surface area contributed by atoms with Crippen molar-refractivity contribution in [2.45, 2.75) is 25.4 Å². The average Bonchev–Trinajstić information content (AvgIpc) is 2.34. The monoisotopic (exact) mass is 266 g/mol. The number of aliphatic hydroxyl groups is 1. The summed E-state index contributed by atoms with van der Waals surface area (Å²) in [6.45, 7) is 1.67. The second kappa shape index (κ2) is 5.36. The van der Waals surface area contributed by atoms with Crippen molar-refractivity contribution in [3.05, 3.63) is 29.6 Å². The third-order valence-electron chi connectivity index (χ3n) is 2.94. The number of hydrogen-bond donors (Lipinski definition) is 3. The number of halogens is 1. The van der Waals surface area contributed by atoms with Gasteiger partial charge in [-0.2, -0.15) is 0 Å². The molecule has 6 heteroatoms. The van der Waals surface area contributed by atoms with Gasteiger partial charge in [-0.1, -0.05) is 6.07 Å². The fourth-order valence-corrected chi connectivity index (χ4v) is 2.04. The summed E-state index contributed by atoms with van der Waals surface area (Å²) >= 11 is 0. The molecular formula is C13H15FN2O3. The topological polar surface area (TPSA) is 78.4 Å². The van der Waals surface area contributed by atoms with Gasteiger partial charge in [0.25, 0.3) is 0 Å². The minimum absolute atomic E-state index is 0.0181. The van der Waals surface area contributed by atoms with E-state index in [1.54, 1.807) is 6.92 Å². The van der Waals surface area contributed by atoms with Gasteiger partial charge in [-0.15, -0.1) is 0 Å². The zero-order valence-electron chi connectivity index (χ0n) is 10.4. The number of carbonyl (C=O) groups excluding carboxylic acids is 2. The molecule has 1 aliphatic rings. The predicted octanol–water partition coefficient (Wildman–Crippen LogP) is 0.749. The van der Waals surface area contributed by atoms with Crippen molar-refractivity contribution in [3.8, 4) is 0 Å². The van der Waals surface area contributed by atoms with Gasteiger partial charge in [0.05, 0.1) is 12.0 Å². The van der Waals surface area contributed by atoms with Crippen LogP contribution in [0.15, 0.2) is 18.2 Å². The molecule has 2 rings (SSSR count). The summed E-state index contributed by atoms with van der Waals surface area (Å²) in [5.74, 6) is -1.79. The first kappa shape index (κ1) is 13.5. The molecular weight excluding hydrogens is 251 g/mol. The van der Waals surface area contributed by atoms with E-state index < -0.39 is 17.8 Å². The minimum atomic E-state index is -0.658. The second-order valence-electron chi connectivity index (χ2n) is 4.63. The van der Waals surface area contributed by atoms with Crippen LogP contribution < -0.4 is 10.6 Å². The highest BCUT2D eigenvalue weighted by atomic mass is 19.1. The molecule has 2 atom stereocenters. The fourth-order valence-electron chi connectivity index (χ4n) is 2.04. The number of nitrogens with one attached hydrogen (secondary N) is 2. The van der Waals surface area contributed by atoms with Gasteiger partial charge in [0.1, 0.15) is 5.82 Å². The quantitative estimate of drug-likeness (QED) is 0.755. The van der Waals surface area contributed by atoms with Gasteiger partial charge < -0.3 is 15.7 Å². The molecule has 0 spiro atoms. The average molecular weight is 266 g/mol. The summed E-state index contributed by atoms with van der Waals surface area (Å²) in [7, 11) is 0. The van der Waals surface area contributed by atoms with Crippen LogP contribution in [0, 0.1) is 5.82 Å². The Hall–Kier alpha value is -1.95. The van der Waals surface area contributed by atoms with Gasteiger partial charge >= 0.3 is 0 Å². The Morgan fingerprint density at radius 1 is 1.63 bits per heavy atom. The first-order valence-electron chi connectivity index (χ1n) is 6.02. The number of rotatable bonds is 3. The molecule has 5 nitrogen and oxygen atoms in total. The number of carbonyl (C=O) groups is 2. The van der Waals surface area contributed by atoms with Crippen molar-refractivity contribution in [2.75, 3.05) is 11.9 Å². The third-order valence-corrected chi connectivity index (χ3v) is 2.94. The van der Waals surface area contributed by atoms with E-state index in [4.69, 9.17) is 5.11 Å². The van der Waals surface area contributed by atoms with Crippen LogP contribution in [-0.2, 0) is 9.59 Å². The van der Waals surface area contributed by atoms with E-state index in [0.717, 1.165) is 0 Å². The molecule has 1 heterocycles. The zero-order valence-corrected chi connectivity index (χ0v) is 10.4. The fraction of sp³-hybridized carbons (Fsp3) is 0.385. The maximum atomic E-state index is 13.1. The lowest BCUT2D eigenvalue weighted by molar-refractivity contribution is -0.126. The van der Waals surface area contributed by atoms with Crippen molar-refractivity contribution in [2.24, 2.45) is 0 Å². The van der Waals surface area contributed by atoms with Crippen LogP contribution in [0.2, 0.25) is 0 Å². The van der Waals surface area contributed by atoms with E-state index in [2.05, 4.69) is 10.6 Å². The molecule has 19 heavy (non-hydrogen) atoms. The van der Waals surface area contributed by atoms with E-state index in [0.29, 0.717) is 11.3 Å². The third kappa shape index (κ3) is 3.08. The molecule has 1 aliphatic heterocycles. The number of anilines is 1. The van der Waals surface area contributed by atoms with Crippen LogP contribution >= 0.6 is 0 Å². The maximum absolute atomic E-state index is 13.1. The molecule has 0 aromatic heterocycles. The van der Waals surface area contributed by atoms with Crippen molar-refractivity contribution >= 4 is 17.5 Å². The number of hydrogen-bond acceptors (Lipinski definition) is 3. The van der Waals surface area contributed by atoms with E-state index in [1.165, 1.54) is 18.2 Å². The lowest BCUT2D eigenvalue weighted by Crippen LogP contribution is -2.38. The number of amides is 2. The number of benzene rings is 1. The van der Waals surface area contributed by atoms with Crippen molar-refractivity contribution in [1.29, 1.82) is 0 Å². The Balaban J connectivity index is 2.22. The van der Waals surface area contributed by atoms with E-state index >= 15 is 0 Å². The molecule has 0 aliphatic carbocycles. The van der Waals surface area contributed by atoms with Gasteiger partial charge in [-0.3, -0.25) is 9.59 Å². The largest absolute Gasteiger partial charge is 0.392 e. The van der Waals surface area contributed by atoms with Gasteiger partial charge in [0, 0.05) is 18.7 Å². The van der Waals surface area contributed by atoms with E-state index in [-0.39, 0.29) is 24.8 Å². The number of aliphatic hydroxyl groups excluding tert-OH is 1. The summed E-state index contributed by atoms with van der Waals surface area (Å²) in [6.07, 6.45) is -0.640. The summed E-state index contributed by atoms with van der Waals surface area (Å²) in [5.41, 5.74) is 0.914. The highest BCUT2D eigenvalue weighted by Gasteiger charge is 2.30. The van der Waals surface area contributed by atoms with E-state index in [9.17, 15) is 14.0 Å². The van der Waals surface area contributed by atoms with Crippen molar-refractivity contribution in [1.82, 2.24) is 5.32 Å². The standard InChI is InChI=1S/C13H15FN2O3/c1-7(17)6-15-13(19)10-5-12(18)16-11-4-8(14)2-3-9(10)11/h2-4,7,10,17H,5-6H2,1H3,(H,15,19)(H,16,18). The van der Waals surface area contributed by atoms with Crippen LogP contribution in [-0.4, -0.2) is 29.6 Å². The SMILES string of the molecule is CC(O)CNC(=O)C1CC(=O)Nc2cc(F)ccc21. The normalized spacial score (nSPS) is 19.3. The molecule has 0 bridgehead atoms. The van der Waals surface area contributed by atoms with Crippen LogP contribution in [0.25, 0.3) is 0 Å². The Morgan fingerprint density at radius 3 is 3.05 bits per heavy atom. The van der Waals surface area contributed by atoms with Crippen LogP contribution in [0.4, 0.5) is 10.1 Å². The molecule has 0 radical (unpaired) electrons. The summed E-state index contributed by atoms with van der Waals surface area (Å²) in [5, 5.41) is 14.2. The van der Waals surface area contributed by atoms with E-state index in [1.807, 2.05) is 0 Å². The molecule has 102 valence electrons. The lowest BCUT2D eigenvalue weighted by Gasteiger charge is -2.25. The highest BCUT2D eigenvalue weighted by Crippen LogP contribution is 2.32. The molecule has 1 aromatic rings. The molecule has 3 N–H and O–H groups in total. The van der Waals surface area contributed by atoms with Crippen molar-refractivity contribution in [3.63, 3.8) is 0 Å². The van der Waals surface area contributed by atoms with Crippen LogP contribution in [0.3, 0.4) is 0 Å². The molecule has 0 saturated carbocycles. The first-order chi connectivity index (χ1) is 8.97. The van der Waals surface area contributed by atoms with Gasteiger partial charge in [0.15, 0.2) is 0 Å². The Morgan fingerprint density at radius 2 is 2.37 bits per heavy atom.